The molecule has 2 rings (SSSR count). The third kappa shape index (κ3) is 2.39. The van der Waals surface area contributed by atoms with Crippen LogP contribution in [0.4, 0.5) is 0 Å². The van der Waals surface area contributed by atoms with Crippen LogP contribution < -0.4 is 5.32 Å². The molecule has 0 saturated carbocycles. The van der Waals surface area contributed by atoms with E-state index in [1.54, 1.807) is 13.1 Å². The standard InChI is InChI=1S/C12H16N2O2/c1-2-16-12(15)10-6-9(7-13-8-10)11-4-3-5-14-11/h6-8,11,14H,2-5H2,1H3. The molecule has 1 aromatic heterocycles. The number of rotatable bonds is 3. The van der Waals surface area contributed by atoms with Crippen LogP contribution in [0.2, 0.25) is 0 Å². The average molecular weight is 220 g/mol. The molecule has 0 spiro atoms. The van der Waals surface area contributed by atoms with E-state index in [0.717, 1.165) is 18.5 Å². The minimum Gasteiger partial charge on any atom is -0.462 e. The zero-order chi connectivity index (χ0) is 11.4. The molecule has 16 heavy (non-hydrogen) atoms. The number of carbonyl (C=O) groups excluding carboxylic acids is 1. The van der Waals surface area contributed by atoms with Gasteiger partial charge in [-0.25, -0.2) is 4.79 Å². The highest BCUT2D eigenvalue weighted by Crippen LogP contribution is 2.22. The number of pyridine rings is 1. The number of nitrogens with zero attached hydrogens (tertiary/aromatic N) is 1. The maximum absolute atomic E-state index is 11.5. The number of hydrogen-bond acceptors (Lipinski definition) is 4. The van der Waals surface area contributed by atoms with E-state index in [-0.39, 0.29) is 5.97 Å². The molecular weight excluding hydrogens is 204 g/mol. The average Bonchev–Trinajstić information content (AvgIpc) is 2.83. The van der Waals surface area contributed by atoms with Crippen LogP contribution in [0.15, 0.2) is 18.5 Å². The quantitative estimate of drug-likeness (QED) is 0.787. The summed E-state index contributed by atoms with van der Waals surface area (Å²) in [5.74, 6) is -0.296. The Balaban J connectivity index is 2.15. The number of esters is 1. The van der Waals surface area contributed by atoms with Crippen molar-refractivity contribution >= 4 is 5.97 Å². The fourth-order valence-corrected chi connectivity index (χ4v) is 1.94. The van der Waals surface area contributed by atoms with E-state index < -0.39 is 0 Å². The molecule has 1 atom stereocenters. The normalized spacial score (nSPS) is 19.7. The van der Waals surface area contributed by atoms with E-state index in [9.17, 15) is 4.79 Å². The third-order valence-corrected chi connectivity index (χ3v) is 2.73. The van der Waals surface area contributed by atoms with Gasteiger partial charge in [0, 0.05) is 18.4 Å². The molecule has 1 aromatic rings. The van der Waals surface area contributed by atoms with Crippen LogP contribution in [0, 0.1) is 0 Å². The van der Waals surface area contributed by atoms with Crippen molar-refractivity contribution in [2.75, 3.05) is 13.2 Å². The lowest BCUT2D eigenvalue weighted by Crippen LogP contribution is -2.14. The molecule has 0 bridgehead atoms. The van der Waals surface area contributed by atoms with Gasteiger partial charge in [0.05, 0.1) is 12.2 Å². The molecule has 0 aromatic carbocycles. The number of nitrogens with one attached hydrogen (secondary N) is 1. The second kappa shape index (κ2) is 5.07. The lowest BCUT2D eigenvalue weighted by Gasteiger charge is -2.10. The molecule has 1 unspecified atom stereocenters. The van der Waals surface area contributed by atoms with Crippen LogP contribution in [0.3, 0.4) is 0 Å². The Labute approximate surface area is 95.0 Å². The van der Waals surface area contributed by atoms with Crippen molar-refractivity contribution in [3.63, 3.8) is 0 Å². The predicted molar refractivity (Wildman–Crippen MR) is 60.2 cm³/mol. The van der Waals surface area contributed by atoms with Gasteiger partial charge in [-0.1, -0.05) is 0 Å². The van der Waals surface area contributed by atoms with E-state index >= 15 is 0 Å². The first-order valence-electron chi connectivity index (χ1n) is 5.66. The fourth-order valence-electron chi connectivity index (χ4n) is 1.94. The number of ether oxygens (including phenoxy) is 1. The monoisotopic (exact) mass is 220 g/mol. The largest absolute Gasteiger partial charge is 0.462 e. The third-order valence-electron chi connectivity index (χ3n) is 2.73. The lowest BCUT2D eigenvalue weighted by atomic mass is 10.1. The predicted octanol–water partition coefficient (Wildman–Crippen LogP) is 1.68. The number of aromatic nitrogens is 1. The van der Waals surface area contributed by atoms with Crippen molar-refractivity contribution in [1.82, 2.24) is 10.3 Å². The summed E-state index contributed by atoms with van der Waals surface area (Å²) in [5.41, 5.74) is 1.61. The van der Waals surface area contributed by atoms with E-state index in [1.807, 2.05) is 12.3 Å². The van der Waals surface area contributed by atoms with Crippen LogP contribution in [-0.4, -0.2) is 24.1 Å². The van der Waals surface area contributed by atoms with Gasteiger partial charge in [-0.15, -0.1) is 0 Å². The summed E-state index contributed by atoms with van der Waals surface area (Å²) < 4.78 is 4.95. The van der Waals surface area contributed by atoms with Crippen LogP contribution in [-0.2, 0) is 4.74 Å². The Morgan fingerprint density at radius 2 is 2.50 bits per heavy atom. The number of carbonyl (C=O) groups is 1. The van der Waals surface area contributed by atoms with Gasteiger partial charge >= 0.3 is 5.97 Å². The van der Waals surface area contributed by atoms with Gasteiger partial charge < -0.3 is 10.1 Å². The molecule has 0 amide bonds. The summed E-state index contributed by atoms with van der Waals surface area (Å²) in [6.45, 7) is 3.23. The summed E-state index contributed by atoms with van der Waals surface area (Å²) in [7, 11) is 0. The van der Waals surface area contributed by atoms with Crippen LogP contribution in [0.5, 0.6) is 0 Å². The smallest absolute Gasteiger partial charge is 0.339 e. The maximum atomic E-state index is 11.5. The molecule has 1 aliphatic rings. The Morgan fingerprint density at radius 1 is 1.62 bits per heavy atom. The molecule has 4 nitrogen and oxygen atoms in total. The zero-order valence-electron chi connectivity index (χ0n) is 9.40. The summed E-state index contributed by atoms with van der Waals surface area (Å²) in [6.07, 6.45) is 5.64. The van der Waals surface area contributed by atoms with E-state index in [4.69, 9.17) is 4.74 Å². The topological polar surface area (TPSA) is 51.2 Å². The highest BCUT2D eigenvalue weighted by molar-refractivity contribution is 5.89. The van der Waals surface area contributed by atoms with Crippen molar-refractivity contribution in [2.24, 2.45) is 0 Å². The van der Waals surface area contributed by atoms with Crippen LogP contribution in [0.25, 0.3) is 0 Å². The molecule has 2 heterocycles. The minimum absolute atomic E-state index is 0.296. The summed E-state index contributed by atoms with van der Waals surface area (Å²) >= 11 is 0. The molecule has 1 aliphatic heterocycles. The lowest BCUT2D eigenvalue weighted by molar-refractivity contribution is 0.0525. The molecule has 0 aliphatic carbocycles. The van der Waals surface area contributed by atoms with Gasteiger partial charge in [0.25, 0.3) is 0 Å². The van der Waals surface area contributed by atoms with Crippen molar-refractivity contribution in [3.8, 4) is 0 Å². The summed E-state index contributed by atoms with van der Waals surface area (Å²) in [5, 5.41) is 3.38. The summed E-state index contributed by atoms with van der Waals surface area (Å²) in [6, 6.07) is 2.20. The van der Waals surface area contributed by atoms with E-state index in [0.29, 0.717) is 18.2 Å². The molecular formula is C12H16N2O2. The molecule has 0 radical (unpaired) electrons. The van der Waals surface area contributed by atoms with E-state index in [2.05, 4.69) is 10.3 Å². The Hall–Kier alpha value is -1.42. The van der Waals surface area contributed by atoms with Gasteiger partial charge in [-0.3, -0.25) is 4.98 Å². The first-order chi connectivity index (χ1) is 7.81. The van der Waals surface area contributed by atoms with Gasteiger partial charge in [0.1, 0.15) is 0 Å². The first kappa shape index (κ1) is 11.1. The van der Waals surface area contributed by atoms with Crippen molar-refractivity contribution in [1.29, 1.82) is 0 Å². The van der Waals surface area contributed by atoms with Gasteiger partial charge in [-0.05, 0) is 37.9 Å². The molecule has 1 N–H and O–H groups in total. The first-order valence-corrected chi connectivity index (χ1v) is 5.66. The Bertz CT molecular complexity index is 373. The Morgan fingerprint density at radius 3 is 3.19 bits per heavy atom. The van der Waals surface area contributed by atoms with E-state index in [1.165, 1.54) is 6.42 Å². The fraction of sp³-hybridized carbons (Fsp3) is 0.500. The van der Waals surface area contributed by atoms with Crippen LogP contribution >= 0.6 is 0 Å². The van der Waals surface area contributed by atoms with Crippen molar-refractivity contribution in [2.45, 2.75) is 25.8 Å². The Kier molecular flexibility index (Phi) is 3.51. The van der Waals surface area contributed by atoms with Gasteiger partial charge in [0.2, 0.25) is 0 Å². The van der Waals surface area contributed by atoms with Crippen LogP contribution in [0.1, 0.15) is 41.7 Å². The molecule has 1 saturated heterocycles. The van der Waals surface area contributed by atoms with Gasteiger partial charge in [-0.2, -0.15) is 0 Å². The molecule has 86 valence electrons. The minimum atomic E-state index is -0.296. The van der Waals surface area contributed by atoms with Crippen molar-refractivity contribution < 1.29 is 9.53 Å². The second-order valence-corrected chi connectivity index (χ2v) is 3.88. The SMILES string of the molecule is CCOC(=O)c1cncc(C2CCCN2)c1. The maximum Gasteiger partial charge on any atom is 0.339 e. The van der Waals surface area contributed by atoms with Crippen molar-refractivity contribution in [3.05, 3.63) is 29.6 Å². The number of hydrogen-bond donors (Lipinski definition) is 1. The van der Waals surface area contributed by atoms with Gasteiger partial charge in [0.15, 0.2) is 0 Å². The zero-order valence-corrected chi connectivity index (χ0v) is 9.40. The summed E-state index contributed by atoms with van der Waals surface area (Å²) in [4.78, 5) is 15.6. The molecule has 1 fully saturated rings. The molecule has 4 heteroatoms. The highest BCUT2D eigenvalue weighted by atomic mass is 16.5. The highest BCUT2D eigenvalue weighted by Gasteiger charge is 2.18. The second-order valence-electron chi connectivity index (χ2n) is 3.88.